The summed E-state index contributed by atoms with van der Waals surface area (Å²) in [4.78, 5) is 0. The molecule has 0 fully saturated rings. The molecule has 0 saturated heterocycles. The smallest absolute Gasteiger partial charge is 0.134 e. The van der Waals surface area contributed by atoms with Crippen LogP contribution in [-0.4, -0.2) is 5.11 Å². The van der Waals surface area contributed by atoms with E-state index < -0.39 is 0 Å². The number of rotatable bonds is 0. The van der Waals surface area contributed by atoms with E-state index in [0.717, 1.165) is 13.7 Å². The summed E-state index contributed by atoms with van der Waals surface area (Å²) in [6.45, 7) is 0. The van der Waals surface area contributed by atoms with Crippen LogP contribution < -0.4 is 0 Å². The van der Waals surface area contributed by atoms with Crippen LogP contribution in [0.4, 0.5) is 0 Å². The molecule has 4 heteroatoms. The number of hydrogen-bond donors (Lipinski definition) is 1. The Bertz CT molecular complexity index is 512. The van der Waals surface area contributed by atoms with Crippen LogP contribution in [0.15, 0.2) is 17.5 Å². The average molecular weight is 301 g/mol. The second kappa shape index (κ2) is 3.16. The molecule has 2 aromatic rings. The first kappa shape index (κ1) is 8.78. The number of nitriles is 1. The van der Waals surface area contributed by atoms with Crippen LogP contribution in [-0.2, 0) is 0 Å². The average Bonchev–Trinajstić information content (AvgIpc) is 2.46. The summed E-state index contributed by atoms with van der Waals surface area (Å²) >= 11 is 3.60. The topological polar surface area (TPSA) is 44.0 Å². The molecule has 0 amide bonds. The Labute approximate surface area is 92.6 Å². The molecule has 0 saturated carbocycles. The summed E-state index contributed by atoms with van der Waals surface area (Å²) in [7, 11) is 0. The molecule has 13 heavy (non-hydrogen) atoms. The molecular formula is C9H4INOS. The van der Waals surface area contributed by atoms with E-state index in [1.165, 1.54) is 11.3 Å². The fourth-order valence-electron chi connectivity index (χ4n) is 1.12. The number of nitrogens with zero attached hydrogens (tertiary/aromatic N) is 1. The molecule has 0 atom stereocenters. The predicted molar refractivity (Wildman–Crippen MR) is 60.9 cm³/mol. The van der Waals surface area contributed by atoms with Crippen molar-refractivity contribution >= 4 is 44.0 Å². The second-order valence-electron chi connectivity index (χ2n) is 2.56. The van der Waals surface area contributed by atoms with E-state index in [1.807, 2.05) is 6.07 Å². The predicted octanol–water partition coefficient (Wildman–Crippen LogP) is 3.08. The first-order valence-electron chi connectivity index (χ1n) is 3.52. The Kier molecular flexibility index (Phi) is 2.14. The summed E-state index contributed by atoms with van der Waals surface area (Å²) in [5.74, 6) is 0.257. The molecule has 1 N–H and O–H groups in total. The van der Waals surface area contributed by atoms with E-state index >= 15 is 0 Å². The SMILES string of the molecule is N#Cc1cc2c(O)csc2cc1I. The minimum Gasteiger partial charge on any atom is -0.506 e. The van der Waals surface area contributed by atoms with Gasteiger partial charge in [0.1, 0.15) is 11.8 Å². The fourth-order valence-corrected chi connectivity index (χ4v) is 2.76. The maximum atomic E-state index is 9.42. The number of benzene rings is 1. The zero-order valence-electron chi connectivity index (χ0n) is 6.41. The Morgan fingerprint density at radius 2 is 2.23 bits per heavy atom. The van der Waals surface area contributed by atoms with Gasteiger partial charge in [-0.15, -0.1) is 11.3 Å². The number of fused-ring (bicyclic) bond motifs is 1. The lowest BCUT2D eigenvalue weighted by molar-refractivity contribution is 0.483. The highest BCUT2D eigenvalue weighted by molar-refractivity contribution is 14.1. The first-order chi connectivity index (χ1) is 6.22. The number of halogens is 1. The van der Waals surface area contributed by atoms with E-state index in [9.17, 15) is 5.11 Å². The van der Waals surface area contributed by atoms with Gasteiger partial charge in [0.05, 0.1) is 5.56 Å². The molecule has 0 bridgehead atoms. The highest BCUT2D eigenvalue weighted by Crippen LogP contribution is 2.33. The molecule has 1 aromatic heterocycles. The number of thiophene rings is 1. The molecule has 0 aliphatic carbocycles. The summed E-state index contributed by atoms with van der Waals surface area (Å²) in [6, 6.07) is 5.73. The lowest BCUT2D eigenvalue weighted by Crippen LogP contribution is -1.79. The van der Waals surface area contributed by atoms with Crippen LogP contribution in [0.25, 0.3) is 10.1 Å². The Morgan fingerprint density at radius 1 is 1.46 bits per heavy atom. The van der Waals surface area contributed by atoms with Crippen molar-refractivity contribution in [2.75, 3.05) is 0 Å². The van der Waals surface area contributed by atoms with Crippen molar-refractivity contribution in [3.8, 4) is 11.8 Å². The van der Waals surface area contributed by atoms with Crippen molar-refractivity contribution in [3.05, 3.63) is 26.6 Å². The summed E-state index contributed by atoms with van der Waals surface area (Å²) in [6.07, 6.45) is 0. The van der Waals surface area contributed by atoms with Crippen LogP contribution in [0.5, 0.6) is 5.75 Å². The normalized spacial score (nSPS) is 10.2. The summed E-state index contributed by atoms with van der Waals surface area (Å²) < 4.78 is 1.94. The molecule has 64 valence electrons. The molecule has 1 heterocycles. The third kappa shape index (κ3) is 1.38. The van der Waals surface area contributed by atoms with Gasteiger partial charge in [-0.1, -0.05) is 0 Å². The molecule has 0 radical (unpaired) electrons. The fraction of sp³-hybridized carbons (Fsp3) is 0. The molecular weight excluding hydrogens is 297 g/mol. The van der Waals surface area contributed by atoms with Crippen molar-refractivity contribution in [2.45, 2.75) is 0 Å². The van der Waals surface area contributed by atoms with Gasteiger partial charge < -0.3 is 5.11 Å². The van der Waals surface area contributed by atoms with Crippen molar-refractivity contribution < 1.29 is 5.11 Å². The zero-order valence-corrected chi connectivity index (χ0v) is 9.39. The lowest BCUT2D eigenvalue weighted by Gasteiger charge is -1.95. The Balaban J connectivity index is 2.86. The van der Waals surface area contributed by atoms with Gasteiger partial charge in [-0.2, -0.15) is 5.26 Å². The quantitative estimate of drug-likeness (QED) is 0.760. The standard InChI is InChI=1S/C9H4INOS/c10-7-2-9-6(1-5(7)3-11)8(12)4-13-9/h1-2,4,12H. The minimum absolute atomic E-state index is 0.257. The van der Waals surface area contributed by atoms with Gasteiger partial charge in [-0.25, -0.2) is 0 Å². The molecule has 0 spiro atoms. The maximum Gasteiger partial charge on any atom is 0.134 e. The van der Waals surface area contributed by atoms with Crippen LogP contribution in [0.1, 0.15) is 5.56 Å². The Hall–Kier alpha value is -0.800. The van der Waals surface area contributed by atoms with E-state index in [2.05, 4.69) is 28.7 Å². The monoisotopic (exact) mass is 301 g/mol. The zero-order chi connectivity index (χ0) is 9.42. The summed E-state index contributed by atoms with van der Waals surface area (Å²) in [5.41, 5.74) is 0.613. The van der Waals surface area contributed by atoms with E-state index in [4.69, 9.17) is 5.26 Å². The van der Waals surface area contributed by atoms with Gasteiger partial charge in [0.25, 0.3) is 0 Å². The molecule has 2 nitrogen and oxygen atoms in total. The highest BCUT2D eigenvalue weighted by atomic mass is 127. The van der Waals surface area contributed by atoms with Gasteiger partial charge in [0, 0.05) is 19.0 Å². The van der Waals surface area contributed by atoms with Gasteiger partial charge in [0.2, 0.25) is 0 Å². The van der Waals surface area contributed by atoms with Crippen molar-refractivity contribution in [1.29, 1.82) is 5.26 Å². The van der Waals surface area contributed by atoms with E-state index in [1.54, 1.807) is 11.4 Å². The van der Waals surface area contributed by atoms with E-state index in [-0.39, 0.29) is 5.75 Å². The number of aromatic hydroxyl groups is 1. The first-order valence-corrected chi connectivity index (χ1v) is 5.48. The maximum absolute atomic E-state index is 9.42. The van der Waals surface area contributed by atoms with Crippen molar-refractivity contribution in [3.63, 3.8) is 0 Å². The van der Waals surface area contributed by atoms with Crippen molar-refractivity contribution in [1.82, 2.24) is 0 Å². The third-order valence-corrected chi connectivity index (χ3v) is 3.59. The van der Waals surface area contributed by atoms with Gasteiger partial charge in [-0.3, -0.25) is 0 Å². The highest BCUT2D eigenvalue weighted by Gasteiger charge is 2.06. The van der Waals surface area contributed by atoms with Crippen LogP contribution in [0.3, 0.4) is 0 Å². The second-order valence-corrected chi connectivity index (χ2v) is 4.63. The molecule has 0 unspecified atom stereocenters. The van der Waals surface area contributed by atoms with Gasteiger partial charge >= 0.3 is 0 Å². The molecule has 1 aromatic carbocycles. The minimum atomic E-state index is 0.257. The van der Waals surface area contributed by atoms with Crippen LogP contribution >= 0.6 is 33.9 Å². The summed E-state index contributed by atoms with van der Waals surface area (Å²) in [5, 5.41) is 20.6. The Morgan fingerprint density at radius 3 is 2.92 bits per heavy atom. The van der Waals surface area contributed by atoms with Crippen LogP contribution in [0, 0.1) is 14.9 Å². The van der Waals surface area contributed by atoms with Crippen molar-refractivity contribution in [2.24, 2.45) is 0 Å². The largest absolute Gasteiger partial charge is 0.506 e. The third-order valence-electron chi connectivity index (χ3n) is 1.76. The number of hydrogen-bond acceptors (Lipinski definition) is 3. The van der Waals surface area contributed by atoms with Crippen LogP contribution in [0.2, 0.25) is 0 Å². The van der Waals surface area contributed by atoms with Gasteiger partial charge in [0.15, 0.2) is 0 Å². The molecule has 2 rings (SSSR count). The van der Waals surface area contributed by atoms with E-state index in [0.29, 0.717) is 5.56 Å². The van der Waals surface area contributed by atoms with Gasteiger partial charge in [-0.05, 0) is 34.7 Å². The lowest BCUT2D eigenvalue weighted by atomic mass is 10.2. The molecule has 0 aliphatic heterocycles. The molecule has 0 aliphatic rings.